The monoisotopic (exact) mass is 284 g/mol. The molecule has 2 N–H and O–H groups in total. The number of nitrogen functional groups attached to an aromatic ring is 1. The van der Waals surface area contributed by atoms with Gasteiger partial charge in [0.05, 0.1) is 5.69 Å². The molecule has 4 heteroatoms. The second-order valence-electron chi connectivity index (χ2n) is 4.94. The Morgan fingerprint density at radius 1 is 1.14 bits per heavy atom. The maximum atomic E-state index is 13.2. The van der Waals surface area contributed by atoms with Crippen molar-refractivity contribution in [2.45, 2.75) is 20.1 Å². The zero-order valence-corrected chi connectivity index (χ0v) is 11.8. The molecule has 1 aromatic heterocycles. The summed E-state index contributed by atoms with van der Waals surface area (Å²) in [6.45, 7) is 3.32. The molecule has 0 radical (unpaired) electrons. The molecule has 0 saturated carbocycles. The molecule has 108 valence electrons. The zero-order chi connectivity index (χ0) is 14.8. The first-order chi connectivity index (χ1) is 10.2. The summed E-state index contributed by atoms with van der Waals surface area (Å²) >= 11 is 0. The number of nitrogens with zero attached hydrogens (tertiary/aromatic N) is 1. The van der Waals surface area contributed by atoms with E-state index in [2.05, 4.69) is 17.6 Å². The largest absolute Gasteiger partial charge is 0.487 e. The molecule has 0 spiro atoms. The van der Waals surface area contributed by atoms with Crippen molar-refractivity contribution in [2.75, 3.05) is 5.73 Å². The highest BCUT2D eigenvalue weighted by Crippen LogP contribution is 2.23. The molecule has 0 bridgehead atoms. The number of rotatable bonds is 4. The summed E-state index contributed by atoms with van der Waals surface area (Å²) in [4.78, 5) is 0. The normalized spacial score (nSPS) is 11.0. The summed E-state index contributed by atoms with van der Waals surface area (Å²) < 4.78 is 21.0. The minimum absolute atomic E-state index is 0.295. The van der Waals surface area contributed by atoms with Crippen LogP contribution < -0.4 is 10.5 Å². The van der Waals surface area contributed by atoms with E-state index in [1.807, 2.05) is 18.2 Å². The lowest BCUT2D eigenvalue weighted by molar-refractivity contribution is 0.294. The van der Waals surface area contributed by atoms with Crippen LogP contribution in [0.5, 0.6) is 5.75 Å². The summed E-state index contributed by atoms with van der Waals surface area (Å²) in [5.74, 6) is 0.235. The van der Waals surface area contributed by atoms with Gasteiger partial charge in [-0.2, -0.15) is 0 Å². The maximum Gasteiger partial charge on any atom is 0.128 e. The molecule has 3 rings (SSSR count). The SMILES string of the molecule is CCn1c(COc2cccc(F)c2)cc2cc(N)ccc21. The molecule has 0 aliphatic rings. The van der Waals surface area contributed by atoms with Crippen molar-refractivity contribution in [3.05, 3.63) is 60.0 Å². The lowest BCUT2D eigenvalue weighted by Crippen LogP contribution is -2.04. The van der Waals surface area contributed by atoms with E-state index in [4.69, 9.17) is 10.5 Å². The van der Waals surface area contributed by atoms with Gasteiger partial charge < -0.3 is 15.0 Å². The Balaban J connectivity index is 1.89. The third-order valence-electron chi connectivity index (χ3n) is 3.51. The van der Waals surface area contributed by atoms with E-state index >= 15 is 0 Å². The van der Waals surface area contributed by atoms with Crippen LogP contribution in [0.25, 0.3) is 10.9 Å². The number of halogens is 1. The van der Waals surface area contributed by atoms with Gasteiger partial charge in [-0.05, 0) is 43.3 Å². The topological polar surface area (TPSA) is 40.2 Å². The molecular weight excluding hydrogens is 267 g/mol. The van der Waals surface area contributed by atoms with E-state index in [-0.39, 0.29) is 5.82 Å². The summed E-state index contributed by atoms with van der Waals surface area (Å²) in [5, 5.41) is 1.09. The Hall–Kier alpha value is -2.49. The number of benzene rings is 2. The third-order valence-corrected chi connectivity index (χ3v) is 3.51. The number of aromatic nitrogens is 1. The third kappa shape index (κ3) is 2.70. The Morgan fingerprint density at radius 2 is 2.00 bits per heavy atom. The van der Waals surface area contributed by atoms with Gasteiger partial charge in [0.2, 0.25) is 0 Å². The number of hydrogen-bond donors (Lipinski definition) is 1. The molecule has 0 fully saturated rings. The first kappa shape index (κ1) is 13.5. The van der Waals surface area contributed by atoms with Crippen LogP contribution in [-0.2, 0) is 13.2 Å². The summed E-state index contributed by atoms with van der Waals surface area (Å²) in [5.41, 5.74) is 8.74. The van der Waals surface area contributed by atoms with E-state index in [0.717, 1.165) is 28.8 Å². The fraction of sp³-hybridized carbons (Fsp3) is 0.176. The Labute approximate surface area is 122 Å². The Morgan fingerprint density at radius 3 is 2.76 bits per heavy atom. The van der Waals surface area contributed by atoms with Crippen LogP contribution in [0.15, 0.2) is 48.5 Å². The summed E-state index contributed by atoms with van der Waals surface area (Å²) in [6, 6.07) is 14.1. The molecule has 0 unspecified atom stereocenters. The first-order valence-corrected chi connectivity index (χ1v) is 6.93. The molecule has 3 aromatic rings. The quantitative estimate of drug-likeness (QED) is 0.737. The molecule has 0 aliphatic carbocycles. The lowest BCUT2D eigenvalue weighted by Gasteiger charge is -2.10. The fourth-order valence-corrected chi connectivity index (χ4v) is 2.55. The summed E-state index contributed by atoms with van der Waals surface area (Å²) in [6.07, 6.45) is 0. The lowest BCUT2D eigenvalue weighted by atomic mass is 10.2. The van der Waals surface area contributed by atoms with E-state index in [1.54, 1.807) is 12.1 Å². The average molecular weight is 284 g/mol. The van der Waals surface area contributed by atoms with Gasteiger partial charge >= 0.3 is 0 Å². The van der Waals surface area contributed by atoms with Gasteiger partial charge in [-0.3, -0.25) is 0 Å². The van der Waals surface area contributed by atoms with Crippen molar-refractivity contribution < 1.29 is 9.13 Å². The van der Waals surface area contributed by atoms with E-state index < -0.39 is 0 Å². The number of nitrogens with two attached hydrogens (primary N) is 1. The molecule has 1 heterocycles. The van der Waals surface area contributed by atoms with Crippen LogP contribution in [0.4, 0.5) is 10.1 Å². The standard InChI is InChI=1S/C17H17FN2O/c1-2-20-15(9-12-8-14(19)6-7-17(12)20)11-21-16-5-3-4-13(18)10-16/h3-10H,2,11,19H2,1H3. The number of anilines is 1. The first-order valence-electron chi connectivity index (χ1n) is 6.93. The van der Waals surface area contributed by atoms with Crippen molar-refractivity contribution in [2.24, 2.45) is 0 Å². The fourth-order valence-electron chi connectivity index (χ4n) is 2.55. The van der Waals surface area contributed by atoms with Gasteiger partial charge in [0.1, 0.15) is 18.2 Å². The van der Waals surface area contributed by atoms with Crippen LogP contribution >= 0.6 is 0 Å². The second kappa shape index (κ2) is 5.48. The van der Waals surface area contributed by atoms with E-state index in [1.165, 1.54) is 12.1 Å². The number of aryl methyl sites for hydroxylation is 1. The average Bonchev–Trinajstić information content (AvgIpc) is 2.81. The highest BCUT2D eigenvalue weighted by Gasteiger charge is 2.08. The molecule has 3 nitrogen and oxygen atoms in total. The predicted octanol–water partition coefficient (Wildman–Crippen LogP) is 3.96. The number of hydrogen-bond acceptors (Lipinski definition) is 2. The van der Waals surface area contributed by atoms with Crippen LogP contribution in [0.2, 0.25) is 0 Å². The molecule has 0 saturated heterocycles. The number of ether oxygens (including phenoxy) is 1. The zero-order valence-electron chi connectivity index (χ0n) is 11.8. The molecular formula is C17H17FN2O. The second-order valence-corrected chi connectivity index (χ2v) is 4.94. The van der Waals surface area contributed by atoms with Crippen LogP contribution in [0, 0.1) is 5.82 Å². The minimum Gasteiger partial charge on any atom is -0.487 e. The van der Waals surface area contributed by atoms with Crippen molar-refractivity contribution in [1.29, 1.82) is 0 Å². The number of fused-ring (bicyclic) bond motifs is 1. The van der Waals surface area contributed by atoms with Crippen molar-refractivity contribution in [3.8, 4) is 5.75 Å². The van der Waals surface area contributed by atoms with Gasteiger partial charge in [0.25, 0.3) is 0 Å². The van der Waals surface area contributed by atoms with E-state index in [9.17, 15) is 4.39 Å². The van der Waals surface area contributed by atoms with Crippen LogP contribution in [0.1, 0.15) is 12.6 Å². The van der Waals surface area contributed by atoms with Crippen LogP contribution in [-0.4, -0.2) is 4.57 Å². The van der Waals surface area contributed by atoms with Gasteiger partial charge in [-0.15, -0.1) is 0 Å². The van der Waals surface area contributed by atoms with E-state index in [0.29, 0.717) is 12.4 Å². The van der Waals surface area contributed by atoms with Gasteiger partial charge in [-0.25, -0.2) is 4.39 Å². The predicted molar refractivity (Wildman–Crippen MR) is 82.8 cm³/mol. The molecule has 0 atom stereocenters. The molecule has 2 aromatic carbocycles. The highest BCUT2D eigenvalue weighted by molar-refractivity contribution is 5.84. The molecule has 0 aliphatic heterocycles. The van der Waals surface area contributed by atoms with Gasteiger partial charge in [0.15, 0.2) is 0 Å². The molecule has 0 amide bonds. The smallest absolute Gasteiger partial charge is 0.128 e. The molecule has 21 heavy (non-hydrogen) atoms. The van der Waals surface area contributed by atoms with Crippen molar-refractivity contribution in [1.82, 2.24) is 4.57 Å². The van der Waals surface area contributed by atoms with Crippen molar-refractivity contribution in [3.63, 3.8) is 0 Å². The summed E-state index contributed by atoms with van der Waals surface area (Å²) in [7, 11) is 0. The minimum atomic E-state index is -0.295. The van der Waals surface area contributed by atoms with Gasteiger partial charge in [0, 0.05) is 29.2 Å². The highest BCUT2D eigenvalue weighted by atomic mass is 19.1. The Bertz CT molecular complexity index is 780. The maximum absolute atomic E-state index is 13.2. The van der Waals surface area contributed by atoms with Gasteiger partial charge in [-0.1, -0.05) is 6.07 Å². The Kier molecular flexibility index (Phi) is 3.52. The van der Waals surface area contributed by atoms with Crippen LogP contribution in [0.3, 0.4) is 0 Å². The van der Waals surface area contributed by atoms with Crippen molar-refractivity contribution >= 4 is 16.6 Å².